The fraction of sp³-hybridized carbons (Fsp3) is 0.538. The van der Waals surface area contributed by atoms with Crippen LogP contribution in [0.2, 0.25) is 0 Å². The van der Waals surface area contributed by atoms with E-state index in [0.29, 0.717) is 16.7 Å². The van der Waals surface area contributed by atoms with Gasteiger partial charge in [0, 0.05) is 23.3 Å². The summed E-state index contributed by atoms with van der Waals surface area (Å²) in [6.07, 6.45) is 0.225. The third-order valence-electron chi connectivity index (χ3n) is 3.61. The zero-order valence-electron chi connectivity index (χ0n) is 10.9. The second-order valence-electron chi connectivity index (χ2n) is 5.07. The lowest BCUT2D eigenvalue weighted by Crippen LogP contribution is -2.47. The van der Waals surface area contributed by atoms with Crippen LogP contribution in [0, 0.1) is 12.8 Å². The van der Waals surface area contributed by atoms with Gasteiger partial charge in [0.15, 0.2) is 0 Å². The lowest BCUT2D eigenvalue weighted by atomic mass is 9.95. The van der Waals surface area contributed by atoms with E-state index < -0.39 is 6.10 Å². The molecule has 2 rings (SSSR count). The van der Waals surface area contributed by atoms with Crippen molar-refractivity contribution < 1.29 is 9.90 Å². The molecule has 19 heavy (non-hydrogen) atoms. The van der Waals surface area contributed by atoms with Crippen LogP contribution in [0.5, 0.6) is 0 Å². The number of aryl methyl sites for hydroxylation is 1. The van der Waals surface area contributed by atoms with Crippen LogP contribution in [0.1, 0.15) is 29.4 Å². The number of halogens is 1. The van der Waals surface area contributed by atoms with E-state index in [0.717, 1.165) is 6.42 Å². The van der Waals surface area contributed by atoms with Gasteiger partial charge in [-0.25, -0.2) is 0 Å². The van der Waals surface area contributed by atoms with E-state index in [2.05, 4.69) is 20.9 Å². The molecule has 5 nitrogen and oxygen atoms in total. The molecule has 0 aromatic carbocycles. The van der Waals surface area contributed by atoms with Crippen molar-refractivity contribution in [1.82, 2.24) is 9.88 Å². The van der Waals surface area contributed by atoms with Gasteiger partial charge >= 0.3 is 0 Å². The maximum Gasteiger partial charge on any atom is 0.261 e. The zero-order chi connectivity index (χ0) is 14.2. The maximum atomic E-state index is 12.3. The highest BCUT2D eigenvalue weighted by molar-refractivity contribution is 9.10. The summed E-state index contributed by atoms with van der Waals surface area (Å²) in [5.74, 6) is -0.139. The number of aliphatic hydroxyl groups is 1. The standard InChI is InChI=1S/C13H17BrN2O3/c1-7-3-4-16(6-11(7)17)13(19)9-5-10(14)8(2)15-12(9)18/h5,7,11,17H,3-4,6H2,1-2H3,(H,15,18)/t7-,11+/m0/s1. The second kappa shape index (κ2) is 5.46. The third-order valence-corrected chi connectivity index (χ3v) is 4.43. The number of aromatic nitrogens is 1. The highest BCUT2D eigenvalue weighted by atomic mass is 79.9. The fourth-order valence-corrected chi connectivity index (χ4v) is 2.49. The van der Waals surface area contributed by atoms with E-state index in [9.17, 15) is 14.7 Å². The minimum absolute atomic E-state index is 0.110. The van der Waals surface area contributed by atoms with Crippen molar-refractivity contribution in [1.29, 1.82) is 0 Å². The lowest BCUT2D eigenvalue weighted by molar-refractivity contribution is 0.0247. The molecule has 0 spiro atoms. The number of pyridine rings is 1. The zero-order valence-corrected chi connectivity index (χ0v) is 12.5. The summed E-state index contributed by atoms with van der Waals surface area (Å²) in [7, 11) is 0. The Morgan fingerprint density at radius 2 is 2.26 bits per heavy atom. The molecule has 2 atom stereocenters. The number of nitrogens with one attached hydrogen (secondary N) is 1. The first-order valence-electron chi connectivity index (χ1n) is 6.27. The molecule has 0 saturated carbocycles. The molecule has 0 radical (unpaired) electrons. The van der Waals surface area contributed by atoms with Crippen molar-refractivity contribution in [2.75, 3.05) is 13.1 Å². The fourth-order valence-electron chi connectivity index (χ4n) is 2.16. The molecule has 2 heterocycles. The number of aromatic amines is 1. The van der Waals surface area contributed by atoms with Crippen molar-refractivity contribution in [3.05, 3.63) is 32.2 Å². The molecular formula is C13H17BrN2O3. The van der Waals surface area contributed by atoms with Crippen LogP contribution in [0.4, 0.5) is 0 Å². The first-order valence-corrected chi connectivity index (χ1v) is 7.06. The monoisotopic (exact) mass is 328 g/mol. The molecule has 6 heteroatoms. The molecule has 0 bridgehead atoms. The summed E-state index contributed by atoms with van der Waals surface area (Å²) in [4.78, 5) is 28.3. The minimum Gasteiger partial charge on any atom is -0.391 e. The van der Waals surface area contributed by atoms with Gasteiger partial charge in [-0.1, -0.05) is 6.92 Å². The van der Waals surface area contributed by atoms with Crippen LogP contribution in [0.15, 0.2) is 15.3 Å². The SMILES string of the molecule is Cc1[nH]c(=O)c(C(=O)N2CC[C@H](C)[C@H](O)C2)cc1Br. The summed E-state index contributed by atoms with van der Waals surface area (Å²) >= 11 is 3.30. The van der Waals surface area contributed by atoms with Crippen molar-refractivity contribution in [2.45, 2.75) is 26.4 Å². The molecule has 1 aliphatic rings. The second-order valence-corrected chi connectivity index (χ2v) is 5.92. The Kier molecular flexibility index (Phi) is 4.10. The number of carbonyl (C=O) groups is 1. The van der Waals surface area contributed by atoms with Crippen LogP contribution in [-0.2, 0) is 0 Å². The van der Waals surface area contributed by atoms with E-state index >= 15 is 0 Å². The number of hydrogen-bond acceptors (Lipinski definition) is 3. The normalized spacial score (nSPS) is 23.5. The van der Waals surface area contributed by atoms with E-state index in [1.54, 1.807) is 13.0 Å². The van der Waals surface area contributed by atoms with Crippen molar-refractivity contribution in [3.63, 3.8) is 0 Å². The van der Waals surface area contributed by atoms with Crippen LogP contribution >= 0.6 is 15.9 Å². The molecule has 2 N–H and O–H groups in total. The van der Waals surface area contributed by atoms with Crippen molar-refractivity contribution >= 4 is 21.8 Å². The Morgan fingerprint density at radius 3 is 2.89 bits per heavy atom. The van der Waals surface area contributed by atoms with Crippen LogP contribution in [0.3, 0.4) is 0 Å². The molecule has 0 aliphatic carbocycles. The molecule has 1 amide bonds. The van der Waals surface area contributed by atoms with E-state index in [1.807, 2.05) is 6.92 Å². The van der Waals surface area contributed by atoms with Crippen LogP contribution in [-0.4, -0.2) is 40.1 Å². The van der Waals surface area contributed by atoms with Gasteiger partial charge in [0.2, 0.25) is 0 Å². The van der Waals surface area contributed by atoms with Gasteiger partial charge in [-0.3, -0.25) is 9.59 Å². The number of H-pyrrole nitrogens is 1. The number of nitrogens with zero attached hydrogens (tertiary/aromatic N) is 1. The largest absolute Gasteiger partial charge is 0.391 e. The van der Waals surface area contributed by atoms with Gasteiger partial charge in [-0.2, -0.15) is 0 Å². The minimum atomic E-state index is -0.523. The maximum absolute atomic E-state index is 12.3. The van der Waals surface area contributed by atoms with Gasteiger partial charge in [0.25, 0.3) is 11.5 Å². The Balaban J connectivity index is 2.25. The predicted octanol–water partition coefficient (Wildman–Crippen LogP) is 1.29. The Labute approximate surface area is 119 Å². The van der Waals surface area contributed by atoms with E-state index in [-0.39, 0.29) is 29.5 Å². The first-order chi connectivity index (χ1) is 8.90. The van der Waals surface area contributed by atoms with Crippen molar-refractivity contribution in [3.8, 4) is 0 Å². The Hall–Kier alpha value is -1.14. The number of aliphatic hydroxyl groups excluding tert-OH is 1. The van der Waals surface area contributed by atoms with Gasteiger partial charge < -0.3 is 15.0 Å². The average Bonchev–Trinajstić information content (AvgIpc) is 2.36. The van der Waals surface area contributed by atoms with Crippen LogP contribution < -0.4 is 5.56 Å². The smallest absolute Gasteiger partial charge is 0.261 e. The number of rotatable bonds is 1. The Morgan fingerprint density at radius 1 is 1.58 bits per heavy atom. The molecule has 1 saturated heterocycles. The molecule has 0 unspecified atom stereocenters. The van der Waals surface area contributed by atoms with Gasteiger partial charge in [0.1, 0.15) is 5.56 Å². The third kappa shape index (κ3) is 2.90. The average molecular weight is 329 g/mol. The number of hydrogen-bond donors (Lipinski definition) is 2. The first kappa shape index (κ1) is 14.3. The number of piperidine rings is 1. The summed E-state index contributed by atoms with van der Waals surface area (Å²) in [6, 6.07) is 1.54. The number of likely N-dealkylation sites (tertiary alicyclic amines) is 1. The highest BCUT2D eigenvalue weighted by Gasteiger charge is 2.29. The van der Waals surface area contributed by atoms with Crippen molar-refractivity contribution in [2.24, 2.45) is 5.92 Å². The summed E-state index contributed by atoms with van der Waals surface area (Å²) in [5.41, 5.74) is 0.409. The number of carbonyl (C=O) groups excluding carboxylic acids is 1. The molecule has 1 aliphatic heterocycles. The van der Waals surface area contributed by atoms with E-state index in [4.69, 9.17) is 0 Å². The molecule has 1 aromatic rings. The Bertz CT molecular complexity index is 555. The molecule has 1 fully saturated rings. The quantitative estimate of drug-likeness (QED) is 0.815. The van der Waals surface area contributed by atoms with Crippen LogP contribution in [0.25, 0.3) is 0 Å². The van der Waals surface area contributed by atoms with Gasteiger partial charge in [0.05, 0.1) is 6.10 Å². The molecule has 1 aromatic heterocycles. The summed E-state index contributed by atoms with van der Waals surface area (Å²) < 4.78 is 0.696. The number of β-amino-alcohol motifs (C(OH)–C–C–N with tert-alkyl or cyclic N) is 1. The highest BCUT2D eigenvalue weighted by Crippen LogP contribution is 2.19. The lowest BCUT2D eigenvalue weighted by Gasteiger charge is -2.34. The van der Waals surface area contributed by atoms with Gasteiger partial charge in [-0.05, 0) is 41.3 Å². The van der Waals surface area contributed by atoms with E-state index in [1.165, 1.54) is 4.90 Å². The predicted molar refractivity (Wildman–Crippen MR) is 75.2 cm³/mol. The molecule has 104 valence electrons. The summed E-state index contributed by atoms with van der Waals surface area (Å²) in [6.45, 7) is 4.57. The topological polar surface area (TPSA) is 73.4 Å². The summed E-state index contributed by atoms with van der Waals surface area (Å²) in [5, 5.41) is 9.82. The molecular weight excluding hydrogens is 312 g/mol. The number of amides is 1. The van der Waals surface area contributed by atoms with Gasteiger partial charge in [-0.15, -0.1) is 0 Å².